The monoisotopic (exact) mass is 307 g/mol. The molecule has 21 heavy (non-hydrogen) atoms. The number of amides is 1. The van der Waals surface area contributed by atoms with E-state index in [-0.39, 0.29) is 11.9 Å². The van der Waals surface area contributed by atoms with E-state index in [1.54, 1.807) is 11.3 Å². The van der Waals surface area contributed by atoms with Gasteiger partial charge >= 0.3 is 0 Å². The van der Waals surface area contributed by atoms with E-state index >= 15 is 0 Å². The van der Waals surface area contributed by atoms with Gasteiger partial charge in [-0.2, -0.15) is 0 Å². The van der Waals surface area contributed by atoms with Gasteiger partial charge in [-0.25, -0.2) is 4.98 Å². The van der Waals surface area contributed by atoms with Gasteiger partial charge in [0.25, 0.3) is 0 Å². The molecule has 1 N–H and O–H groups in total. The molecule has 2 fully saturated rings. The lowest BCUT2D eigenvalue weighted by molar-refractivity contribution is -0.132. The Labute approximate surface area is 130 Å². The Kier molecular flexibility index (Phi) is 4.60. The van der Waals surface area contributed by atoms with Crippen LogP contribution in [0.1, 0.15) is 48.9 Å². The van der Waals surface area contributed by atoms with Gasteiger partial charge in [-0.05, 0) is 31.6 Å². The number of nitrogens with one attached hydrogen (secondary N) is 1. The molecular weight excluding hydrogens is 282 g/mol. The van der Waals surface area contributed by atoms with E-state index in [9.17, 15) is 4.79 Å². The molecular formula is C16H25N3OS. The fraction of sp³-hybridized carbons (Fsp3) is 0.750. The van der Waals surface area contributed by atoms with Crippen LogP contribution in [-0.4, -0.2) is 34.9 Å². The Morgan fingerprint density at radius 3 is 3.00 bits per heavy atom. The number of thiazole rings is 1. The minimum absolute atomic E-state index is 0.0293. The Morgan fingerprint density at radius 2 is 2.29 bits per heavy atom. The Balaban J connectivity index is 1.57. The van der Waals surface area contributed by atoms with Gasteiger partial charge in [-0.1, -0.05) is 19.8 Å². The number of aryl methyl sites for hydroxylation is 1. The maximum absolute atomic E-state index is 12.6. The summed E-state index contributed by atoms with van der Waals surface area (Å²) in [4.78, 5) is 20.0. The third-order valence-electron chi connectivity index (χ3n) is 4.83. The molecule has 1 saturated carbocycles. The third kappa shape index (κ3) is 3.29. The van der Waals surface area contributed by atoms with Crippen molar-refractivity contribution in [2.75, 3.05) is 7.05 Å². The second-order valence-corrected chi connectivity index (χ2v) is 7.57. The first-order chi connectivity index (χ1) is 10.2. The van der Waals surface area contributed by atoms with Gasteiger partial charge in [0, 0.05) is 24.2 Å². The zero-order valence-electron chi connectivity index (χ0n) is 13.0. The highest BCUT2D eigenvalue weighted by Gasteiger charge is 2.39. The summed E-state index contributed by atoms with van der Waals surface area (Å²) in [6.07, 6.45) is 9.08. The predicted molar refractivity (Wildman–Crippen MR) is 85.3 cm³/mol. The van der Waals surface area contributed by atoms with Crippen LogP contribution in [0.4, 0.5) is 0 Å². The smallest absolute Gasteiger partial charge is 0.239 e. The highest BCUT2D eigenvalue weighted by molar-refractivity contribution is 7.11. The second-order valence-electron chi connectivity index (χ2n) is 6.37. The van der Waals surface area contributed by atoms with Crippen LogP contribution in [0.25, 0.3) is 0 Å². The van der Waals surface area contributed by atoms with Crippen LogP contribution >= 0.6 is 11.3 Å². The first-order valence-corrected chi connectivity index (χ1v) is 8.93. The lowest BCUT2D eigenvalue weighted by Gasteiger charge is -2.24. The SMILES string of the molecule is CCc1ncc(CN(C)C(=O)[C@@H]2C[C@@H]3CCCC[C@H]3N2)s1. The van der Waals surface area contributed by atoms with Crippen molar-refractivity contribution in [3.05, 3.63) is 16.1 Å². The average Bonchev–Trinajstić information content (AvgIpc) is 3.12. The zero-order valence-corrected chi connectivity index (χ0v) is 13.8. The molecule has 1 aliphatic carbocycles. The van der Waals surface area contributed by atoms with E-state index in [1.807, 2.05) is 18.1 Å². The minimum atomic E-state index is 0.0293. The second kappa shape index (κ2) is 6.44. The molecule has 1 amide bonds. The number of rotatable bonds is 4. The number of likely N-dealkylation sites (N-methyl/N-ethyl adjacent to an activating group) is 1. The predicted octanol–water partition coefficient (Wildman–Crippen LogP) is 2.58. The van der Waals surface area contributed by atoms with Crippen molar-refractivity contribution in [1.82, 2.24) is 15.2 Å². The number of fused-ring (bicyclic) bond motifs is 1. The maximum atomic E-state index is 12.6. The number of hydrogen-bond donors (Lipinski definition) is 1. The summed E-state index contributed by atoms with van der Waals surface area (Å²) in [5.41, 5.74) is 0. The van der Waals surface area contributed by atoms with E-state index in [0.29, 0.717) is 12.6 Å². The molecule has 116 valence electrons. The molecule has 0 spiro atoms. The van der Waals surface area contributed by atoms with Crippen LogP contribution in [-0.2, 0) is 17.8 Å². The molecule has 0 unspecified atom stereocenters. The zero-order chi connectivity index (χ0) is 14.8. The largest absolute Gasteiger partial charge is 0.339 e. The molecule has 3 rings (SSSR count). The van der Waals surface area contributed by atoms with Gasteiger partial charge in [-0.15, -0.1) is 11.3 Å². The van der Waals surface area contributed by atoms with Crippen molar-refractivity contribution in [3.63, 3.8) is 0 Å². The van der Waals surface area contributed by atoms with Gasteiger partial charge < -0.3 is 10.2 Å². The highest BCUT2D eigenvalue weighted by Crippen LogP contribution is 2.33. The van der Waals surface area contributed by atoms with E-state index in [0.717, 1.165) is 23.8 Å². The van der Waals surface area contributed by atoms with Crippen LogP contribution in [0.5, 0.6) is 0 Å². The minimum Gasteiger partial charge on any atom is -0.339 e. The first kappa shape index (κ1) is 15.0. The normalized spacial score (nSPS) is 28.4. The number of aromatic nitrogens is 1. The van der Waals surface area contributed by atoms with Crippen molar-refractivity contribution in [1.29, 1.82) is 0 Å². The van der Waals surface area contributed by atoms with Gasteiger partial charge in [-0.3, -0.25) is 4.79 Å². The van der Waals surface area contributed by atoms with E-state index < -0.39 is 0 Å². The quantitative estimate of drug-likeness (QED) is 0.930. The van der Waals surface area contributed by atoms with Crippen LogP contribution in [0.3, 0.4) is 0 Å². The van der Waals surface area contributed by atoms with E-state index in [4.69, 9.17) is 0 Å². The molecule has 0 aromatic carbocycles. The maximum Gasteiger partial charge on any atom is 0.239 e. The van der Waals surface area contributed by atoms with E-state index in [1.165, 1.54) is 30.6 Å². The summed E-state index contributed by atoms with van der Waals surface area (Å²) in [7, 11) is 1.91. The number of nitrogens with zero attached hydrogens (tertiary/aromatic N) is 2. The summed E-state index contributed by atoms with van der Waals surface area (Å²) in [6, 6.07) is 0.609. The molecule has 2 heterocycles. The van der Waals surface area contributed by atoms with Gasteiger partial charge in [0.05, 0.1) is 17.6 Å². The topological polar surface area (TPSA) is 45.2 Å². The summed E-state index contributed by atoms with van der Waals surface area (Å²) in [5.74, 6) is 0.965. The van der Waals surface area contributed by atoms with Crippen molar-refractivity contribution in [2.24, 2.45) is 5.92 Å². The van der Waals surface area contributed by atoms with E-state index in [2.05, 4.69) is 17.2 Å². The number of carbonyl (C=O) groups is 1. The molecule has 1 aromatic rings. The standard InChI is InChI=1S/C16H25N3OS/c1-3-15-17-9-12(21-15)10-19(2)16(20)14-8-11-6-4-5-7-13(11)18-14/h9,11,13-14,18H,3-8,10H2,1-2H3/t11-,13+,14-/m0/s1. The molecule has 0 radical (unpaired) electrons. The Hall–Kier alpha value is -0.940. The molecule has 2 aliphatic rings. The molecule has 1 aromatic heterocycles. The molecule has 4 nitrogen and oxygen atoms in total. The van der Waals surface area contributed by atoms with Gasteiger partial charge in [0.1, 0.15) is 0 Å². The average molecular weight is 307 g/mol. The van der Waals surface area contributed by atoms with Crippen molar-refractivity contribution < 1.29 is 4.79 Å². The summed E-state index contributed by atoms with van der Waals surface area (Å²) >= 11 is 1.72. The molecule has 0 bridgehead atoms. The first-order valence-electron chi connectivity index (χ1n) is 8.12. The van der Waals surface area contributed by atoms with Crippen molar-refractivity contribution in [3.8, 4) is 0 Å². The highest BCUT2D eigenvalue weighted by atomic mass is 32.1. The third-order valence-corrected chi connectivity index (χ3v) is 5.96. The van der Waals surface area contributed by atoms with Gasteiger partial charge in [0.2, 0.25) is 5.91 Å². The lowest BCUT2D eigenvalue weighted by Crippen LogP contribution is -2.43. The molecule has 5 heteroatoms. The summed E-state index contributed by atoms with van der Waals surface area (Å²) in [5, 5.41) is 4.72. The number of hydrogen-bond acceptors (Lipinski definition) is 4. The van der Waals surface area contributed by atoms with Crippen LogP contribution in [0.2, 0.25) is 0 Å². The van der Waals surface area contributed by atoms with Crippen molar-refractivity contribution in [2.45, 2.75) is 64.1 Å². The molecule has 3 atom stereocenters. The summed E-state index contributed by atoms with van der Waals surface area (Å²) in [6.45, 7) is 2.80. The fourth-order valence-electron chi connectivity index (χ4n) is 3.67. The van der Waals surface area contributed by atoms with Crippen LogP contribution < -0.4 is 5.32 Å². The molecule has 1 saturated heterocycles. The van der Waals surface area contributed by atoms with Gasteiger partial charge in [0.15, 0.2) is 0 Å². The fourth-order valence-corrected chi connectivity index (χ4v) is 4.59. The molecule has 1 aliphatic heterocycles. The Bertz CT molecular complexity index is 487. The summed E-state index contributed by atoms with van der Waals surface area (Å²) < 4.78 is 0. The van der Waals surface area contributed by atoms with Crippen LogP contribution in [0, 0.1) is 5.92 Å². The van der Waals surface area contributed by atoms with Crippen LogP contribution in [0.15, 0.2) is 6.20 Å². The Morgan fingerprint density at radius 1 is 1.48 bits per heavy atom. The number of carbonyl (C=O) groups excluding carboxylic acids is 1. The van der Waals surface area contributed by atoms with Crippen molar-refractivity contribution >= 4 is 17.2 Å². The lowest BCUT2D eigenvalue weighted by atomic mass is 9.85.